The minimum Gasteiger partial charge on any atom is -0.491 e. The molecule has 1 aromatic carbocycles. The lowest BCUT2D eigenvalue weighted by molar-refractivity contribution is 0.0587. The molecule has 0 aliphatic rings. The molecule has 2 amide bonds. The molecule has 1 unspecified atom stereocenters. The highest BCUT2D eigenvalue weighted by molar-refractivity contribution is 5.90. The van der Waals surface area contributed by atoms with Crippen LogP contribution in [-0.4, -0.2) is 29.4 Å². The van der Waals surface area contributed by atoms with Gasteiger partial charge in [0.05, 0.1) is 11.7 Å². The molecule has 0 aliphatic heterocycles. The van der Waals surface area contributed by atoms with Gasteiger partial charge in [-0.3, -0.25) is 0 Å². The van der Waals surface area contributed by atoms with Crippen molar-refractivity contribution in [1.29, 1.82) is 0 Å². The molecule has 5 nitrogen and oxygen atoms in total. The van der Waals surface area contributed by atoms with Crippen LogP contribution in [0.2, 0.25) is 0 Å². The largest absolute Gasteiger partial charge is 0.491 e. The highest BCUT2D eigenvalue weighted by Crippen LogP contribution is 2.22. The van der Waals surface area contributed by atoms with Crippen molar-refractivity contribution in [2.75, 3.05) is 11.9 Å². The lowest BCUT2D eigenvalue weighted by atomic mass is 10.0. The number of carbonyl (C=O) groups excluding carboxylic acids is 1. The molecule has 0 saturated carbocycles. The fourth-order valence-corrected chi connectivity index (χ4v) is 1.68. The summed E-state index contributed by atoms with van der Waals surface area (Å²) in [6.45, 7) is 9.62. The maximum Gasteiger partial charge on any atom is 0.319 e. The fraction of sp³-hybridized carbons (Fsp3) is 0.562. The second-order valence-corrected chi connectivity index (χ2v) is 5.80. The normalized spacial score (nSPS) is 13.7. The van der Waals surface area contributed by atoms with Gasteiger partial charge in [-0.1, -0.05) is 6.92 Å². The number of aryl methyl sites for hydroxylation is 1. The number of hydrogen-bond acceptors (Lipinski definition) is 3. The van der Waals surface area contributed by atoms with Gasteiger partial charge in [-0.05, 0) is 57.9 Å². The van der Waals surface area contributed by atoms with Crippen molar-refractivity contribution >= 4 is 11.7 Å². The zero-order chi connectivity index (χ0) is 16.0. The molecule has 0 aliphatic carbocycles. The van der Waals surface area contributed by atoms with Crippen molar-refractivity contribution in [2.24, 2.45) is 0 Å². The average Bonchev–Trinajstić information content (AvgIpc) is 2.39. The Hall–Kier alpha value is -1.75. The standard InChI is InChI=1S/C16H26N2O3/c1-6-16(5,20)10-17-15(19)18-14-8-7-13(9-12(14)4)21-11(2)3/h7-9,11,20H,6,10H2,1-5H3,(H2,17,18,19). The van der Waals surface area contributed by atoms with Crippen molar-refractivity contribution < 1.29 is 14.6 Å². The molecule has 5 heteroatoms. The predicted octanol–water partition coefficient (Wildman–Crippen LogP) is 3.06. The summed E-state index contributed by atoms with van der Waals surface area (Å²) in [7, 11) is 0. The molecule has 0 heterocycles. The van der Waals surface area contributed by atoms with Crippen LogP contribution < -0.4 is 15.4 Å². The molecule has 0 saturated heterocycles. The third-order valence-electron chi connectivity index (χ3n) is 3.21. The van der Waals surface area contributed by atoms with E-state index in [0.717, 1.165) is 17.0 Å². The molecule has 0 bridgehead atoms. The lowest BCUT2D eigenvalue weighted by Gasteiger charge is -2.21. The maximum atomic E-state index is 11.8. The van der Waals surface area contributed by atoms with Crippen molar-refractivity contribution in [3.8, 4) is 5.75 Å². The van der Waals surface area contributed by atoms with Crippen LogP contribution >= 0.6 is 0 Å². The Morgan fingerprint density at radius 1 is 1.43 bits per heavy atom. The Balaban J connectivity index is 2.60. The first-order valence-corrected chi connectivity index (χ1v) is 7.28. The van der Waals surface area contributed by atoms with Crippen LogP contribution in [0.25, 0.3) is 0 Å². The summed E-state index contributed by atoms with van der Waals surface area (Å²) in [6, 6.07) is 5.19. The van der Waals surface area contributed by atoms with Gasteiger partial charge in [-0.25, -0.2) is 4.79 Å². The maximum absolute atomic E-state index is 11.8. The highest BCUT2D eigenvalue weighted by atomic mass is 16.5. The number of rotatable bonds is 6. The van der Waals surface area contributed by atoms with Gasteiger partial charge in [0.1, 0.15) is 5.75 Å². The molecular formula is C16H26N2O3. The molecule has 0 fully saturated rings. The van der Waals surface area contributed by atoms with E-state index >= 15 is 0 Å². The second-order valence-electron chi connectivity index (χ2n) is 5.80. The Kier molecular flexibility index (Phi) is 6.03. The summed E-state index contributed by atoms with van der Waals surface area (Å²) in [6.07, 6.45) is 0.691. The molecule has 3 N–H and O–H groups in total. The van der Waals surface area contributed by atoms with Crippen molar-refractivity contribution in [2.45, 2.75) is 52.7 Å². The van der Waals surface area contributed by atoms with Gasteiger partial charge >= 0.3 is 6.03 Å². The zero-order valence-electron chi connectivity index (χ0n) is 13.5. The fourth-order valence-electron chi connectivity index (χ4n) is 1.68. The van der Waals surface area contributed by atoms with E-state index in [1.54, 1.807) is 6.92 Å². The molecule has 0 radical (unpaired) electrons. The third kappa shape index (κ3) is 6.04. The van der Waals surface area contributed by atoms with Gasteiger partial charge in [0.15, 0.2) is 0 Å². The Morgan fingerprint density at radius 3 is 2.62 bits per heavy atom. The van der Waals surface area contributed by atoms with E-state index in [0.29, 0.717) is 6.42 Å². The molecule has 1 aromatic rings. The molecule has 21 heavy (non-hydrogen) atoms. The van der Waals surface area contributed by atoms with Crippen LogP contribution in [0.4, 0.5) is 10.5 Å². The molecule has 1 rings (SSSR count). The summed E-state index contributed by atoms with van der Waals surface area (Å²) in [5.41, 5.74) is 0.756. The van der Waals surface area contributed by atoms with E-state index < -0.39 is 5.60 Å². The number of hydrogen-bond donors (Lipinski definition) is 3. The van der Waals surface area contributed by atoms with Gasteiger partial charge in [0.2, 0.25) is 0 Å². The monoisotopic (exact) mass is 294 g/mol. The van der Waals surface area contributed by atoms with E-state index in [4.69, 9.17) is 4.74 Å². The van der Waals surface area contributed by atoms with Gasteiger partial charge in [0, 0.05) is 12.2 Å². The topological polar surface area (TPSA) is 70.6 Å². The second kappa shape index (κ2) is 7.31. The Morgan fingerprint density at radius 2 is 2.10 bits per heavy atom. The van der Waals surface area contributed by atoms with Crippen molar-refractivity contribution in [1.82, 2.24) is 5.32 Å². The summed E-state index contributed by atoms with van der Waals surface area (Å²) in [5.74, 6) is 0.780. The molecular weight excluding hydrogens is 268 g/mol. The van der Waals surface area contributed by atoms with Gasteiger partial charge < -0.3 is 20.5 Å². The Labute approximate surface area is 126 Å². The first kappa shape index (κ1) is 17.3. The number of ether oxygens (including phenoxy) is 1. The van der Waals surface area contributed by atoms with E-state index in [1.165, 1.54) is 0 Å². The van der Waals surface area contributed by atoms with E-state index in [9.17, 15) is 9.90 Å². The van der Waals surface area contributed by atoms with Crippen LogP contribution in [0.15, 0.2) is 18.2 Å². The summed E-state index contributed by atoms with van der Waals surface area (Å²) in [5, 5.41) is 15.3. The first-order chi connectivity index (χ1) is 9.73. The average molecular weight is 294 g/mol. The van der Waals surface area contributed by atoms with Crippen molar-refractivity contribution in [3.05, 3.63) is 23.8 Å². The Bertz CT molecular complexity index is 484. The van der Waals surface area contributed by atoms with Crippen molar-refractivity contribution in [3.63, 3.8) is 0 Å². The van der Waals surface area contributed by atoms with Gasteiger partial charge in [-0.2, -0.15) is 0 Å². The number of anilines is 1. The van der Waals surface area contributed by atoms with Crippen LogP contribution in [0, 0.1) is 6.92 Å². The number of benzene rings is 1. The van der Waals surface area contributed by atoms with Crippen LogP contribution in [-0.2, 0) is 0 Å². The van der Waals surface area contributed by atoms with Gasteiger partial charge in [0.25, 0.3) is 0 Å². The van der Waals surface area contributed by atoms with E-state index in [2.05, 4.69) is 10.6 Å². The summed E-state index contributed by atoms with van der Waals surface area (Å²) < 4.78 is 5.60. The molecule has 0 spiro atoms. The van der Waals surface area contributed by atoms with Gasteiger partial charge in [-0.15, -0.1) is 0 Å². The third-order valence-corrected chi connectivity index (χ3v) is 3.21. The number of nitrogens with one attached hydrogen (secondary N) is 2. The zero-order valence-corrected chi connectivity index (χ0v) is 13.5. The molecule has 118 valence electrons. The minimum absolute atomic E-state index is 0.114. The quantitative estimate of drug-likeness (QED) is 0.755. The smallest absolute Gasteiger partial charge is 0.319 e. The number of amides is 2. The summed E-state index contributed by atoms with van der Waals surface area (Å²) in [4.78, 5) is 11.8. The highest BCUT2D eigenvalue weighted by Gasteiger charge is 2.18. The number of urea groups is 1. The lowest BCUT2D eigenvalue weighted by Crippen LogP contribution is -2.41. The molecule has 1 atom stereocenters. The van der Waals surface area contributed by atoms with Crippen LogP contribution in [0.5, 0.6) is 5.75 Å². The van der Waals surface area contributed by atoms with Crippen LogP contribution in [0.3, 0.4) is 0 Å². The minimum atomic E-state index is -0.888. The number of carbonyl (C=O) groups is 1. The first-order valence-electron chi connectivity index (χ1n) is 7.28. The molecule has 0 aromatic heterocycles. The summed E-state index contributed by atoms with van der Waals surface area (Å²) >= 11 is 0. The predicted molar refractivity (Wildman–Crippen MR) is 84.9 cm³/mol. The number of aliphatic hydroxyl groups is 1. The van der Waals surface area contributed by atoms with E-state index in [1.807, 2.05) is 45.9 Å². The SMILES string of the molecule is CCC(C)(O)CNC(=O)Nc1ccc(OC(C)C)cc1C. The van der Waals surface area contributed by atoms with E-state index in [-0.39, 0.29) is 18.7 Å². The van der Waals surface area contributed by atoms with Crippen LogP contribution in [0.1, 0.15) is 39.7 Å².